The van der Waals surface area contributed by atoms with Gasteiger partial charge in [0, 0.05) is 33.1 Å². The molecule has 0 bridgehead atoms. The summed E-state index contributed by atoms with van der Waals surface area (Å²) in [6.45, 7) is 0. The van der Waals surface area contributed by atoms with Crippen LogP contribution in [0, 0.1) is 0 Å². The summed E-state index contributed by atoms with van der Waals surface area (Å²) in [4.78, 5) is 2.44. The van der Waals surface area contributed by atoms with Crippen LogP contribution < -0.4 is 4.90 Å². The first-order valence-corrected chi connectivity index (χ1v) is 20.6. The molecule has 0 amide bonds. The van der Waals surface area contributed by atoms with Gasteiger partial charge in [0.05, 0.1) is 22.4 Å². The van der Waals surface area contributed by atoms with Crippen molar-refractivity contribution in [1.29, 1.82) is 0 Å². The Bertz CT molecular complexity index is 3240. The molecule has 11 aromatic rings. The van der Waals surface area contributed by atoms with Crippen molar-refractivity contribution < 1.29 is 0 Å². The maximum Gasteiger partial charge on any atom is 0.0541 e. The van der Waals surface area contributed by atoms with Gasteiger partial charge in [-0.1, -0.05) is 194 Å². The molecular formula is C58H40N2. The van der Waals surface area contributed by atoms with Crippen LogP contribution in [0.3, 0.4) is 0 Å². The lowest BCUT2D eigenvalue weighted by Gasteiger charge is -2.29. The Labute approximate surface area is 350 Å². The van der Waals surface area contributed by atoms with Gasteiger partial charge in [-0.25, -0.2) is 0 Å². The van der Waals surface area contributed by atoms with Crippen molar-refractivity contribution in [2.24, 2.45) is 0 Å². The van der Waals surface area contributed by atoms with E-state index in [4.69, 9.17) is 0 Å². The number of aromatic nitrogens is 1. The molecule has 0 aliphatic rings. The number of hydrogen-bond acceptors (Lipinski definition) is 1. The van der Waals surface area contributed by atoms with Crippen molar-refractivity contribution in [3.63, 3.8) is 0 Å². The molecule has 60 heavy (non-hydrogen) atoms. The molecule has 2 heteroatoms. The highest BCUT2D eigenvalue weighted by atomic mass is 15.1. The van der Waals surface area contributed by atoms with Gasteiger partial charge in [0.25, 0.3) is 0 Å². The summed E-state index contributed by atoms with van der Waals surface area (Å²) in [7, 11) is 0. The minimum Gasteiger partial charge on any atom is -0.309 e. The summed E-state index contributed by atoms with van der Waals surface area (Å²) in [5.41, 5.74) is 16.4. The second-order valence-corrected chi connectivity index (χ2v) is 15.3. The van der Waals surface area contributed by atoms with E-state index in [0.29, 0.717) is 0 Å². The van der Waals surface area contributed by atoms with Gasteiger partial charge in [-0.05, 0) is 92.9 Å². The number of nitrogens with zero attached hydrogens (tertiary/aromatic N) is 2. The molecule has 0 N–H and O–H groups in total. The Kier molecular flexibility index (Phi) is 8.87. The zero-order valence-corrected chi connectivity index (χ0v) is 33.0. The number of fused-ring (bicyclic) bond motifs is 4. The molecular weight excluding hydrogens is 725 g/mol. The monoisotopic (exact) mass is 764 g/mol. The van der Waals surface area contributed by atoms with Crippen LogP contribution in [0.4, 0.5) is 17.1 Å². The van der Waals surface area contributed by atoms with Crippen LogP contribution >= 0.6 is 0 Å². The molecule has 0 aliphatic carbocycles. The zero-order valence-electron chi connectivity index (χ0n) is 33.0. The lowest BCUT2D eigenvalue weighted by Crippen LogP contribution is -2.12. The Morgan fingerprint density at radius 3 is 1.38 bits per heavy atom. The zero-order chi connectivity index (χ0) is 39.8. The van der Waals surface area contributed by atoms with Crippen molar-refractivity contribution in [3.8, 4) is 50.2 Å². The van der Waals surface area contributed by atoms with Crippen LogP contribution in [0.1, 0.15) is 0 Å². The van der Waals surface area contributed by atoms with Gasteiger partial charge in [-0.3, -0.25) is 0 Å². The predicted molar refractivity (Wildman–Crippen MR) is 255 cm³/mol. The van der Waals surface area contributed by atoms with E-state index >= 15 is 0 Å². The fourth-order valence-electron chi connectivity index (χ4n) is 9.05. The normalized spacial score (nSPS) is 11.3. The van der Waals surface area contributed by atoms with Crippen molar-refractivity contribution in [2.45, 2.75) is 0 Å². The van der Waals surface area contributed by atoms with E-state index in [1.165, 1.54) is 71.5 Å². The second-order valence-electron chi connectivity index (χ2n) is 15.3. The molecule has 0 radical (unpaired) electrons. The van der Waals surface area contributed by atoms with E-state index in [9.17, 15) is 0 Å². The fourth-order valence-corrected chi connectivity index (χ4v) is 9.05. The van der Waals surface area contributed by atoms with Crippen LogP contribution in [0.5, 0.6) is 0 Å². The molecule has 1 aromatic heterocycles. The highest BCUT2D eigenvalue weighted by Crippen LogP contribution is 2.47. The first kappa shape index (κ1) is 35.2. The van der Waals surface area contributed by atoms with E-state index in [0.717, 1.165) is 28.3 Å². The molecule has 0 spiro atoms. The number of anilines is 3. The van der Waals surface area contributed by atoms with Crippen LogP contribution in [0.2, 0.25) is 0 Å². The molecule has 1 heterocycles. The Hall–Kier alpha value is -7.94. The Morgan fingerprint density at radius 2 is 0.717 bits per heavy atom. The predicted octanol–water partition coefficient (Wildman–Crippen LogP) is 16.1. The molecule has 0 aliphatic heterocycles. The van der Waals surface area contributed by atoms with Gasteiger partial charge in [0.1, 0.15) is 0 Å². The molecule has 10 aromatic carbocycles. The molecule has 0 fully saturated rings. The molecule has 0 saturated carbocycles. The van der Waals surface area contributed by atoms with E-state index in [-0.39, 0.29) is 0 Å². The van der Waals surface area contributed by atoms with Gasteiger partial charge in [0.15, 0.2) is 0 Å². The maximum absolute atomic E-state index is 2.44. The summed E-state index contributed by atoms with van der Waals surface area (Å²) in [5.74, 6) is 0. The Balaban J connectivity index is 1.02. The van der Waals surface area contributed by atoms with E-state index < -0.39 is 0 Å². The summed E-state index contributed by atoms with van der Waals surface area (Å²) in [6, 6.07) is 87.8. The van der Waals surface area contributed by atoms with Crippen molar-refractivity contribution in [2.75, 3.05) is 4.90 Å². The SMILES string of the molecule is c1ccc(-c2ccccc2-c2ccccc2-c2ccccc2N(c2ccc(-c3ccc(-n4c5ccccc5c5ccccc54)cc3)cc2)c2cccc3ccccc23)cc1. The average molecular weight is 765 g/mol. The van der Waals surface area contributed by atoms with E-state index in [1.54, 1.807) is 0 Å². The van der Waals surface area contributed by atoms with Crippen LogP contribution in [-0.4, -0.2) is 4.57 Å². The second kappa shape index (κ2) is 15.1. The standard InChI is InChI=1S/C58H40N2/c1-2-17-43(18-3-1)47-21-6-7-23-49(47)50-24-8-9-25-51(50)52-26-10-13-29-56(52)59(55-32-16-20-44-19-4-5-22-48(44)55)45-37-33-41(34-38-45)42-35-39-46(40-36-42)60-57-30-14-11-27-53(57)54-28-12-15-31-58(54)60/h1-40H. The summed E-state index contributed by atoms with van der Waals surface area (Å²) in [5, 5.41) is 4.94. The van der Waals surface area contributed by atoms with Crippen molar-refractivity contribution in [1.82, 2.24) is 4.57 Å². The molecule has 0 saturated heterocycles. The number of hydrogen-bond donors (Lipinski definition) is 0. The van der Waals surface area contributed by atoms with E-state index in [1.807, 2.05) is 0 Å². The minimum atomic E-state index is 1.09. The highest BCUT2D eigenvalue weighted by molar-refractivity contribution is 6.09. The van der Waals surface area contributed by atoms with E-state index in [2.05, 4.69) is 252 Å². The smallest absolute Gasteiger partial charge is 0.0541 e. The van der Waals surface area contributed by atoms with Crippen LogP contribution in [0.15, 0.2) is 243 Å². The third kappa shape index (κ3) is 6.14. The van der Waals surface area contributed by atoms with Gasteiger partial charge in [-0.2, -0.15) is 0 Å². The maximum atomic E-state index is 2.44. The first-order valence-electron chi connectivity index (χ1n) is 20.6. The lowest BCUT2D eigenvalue weighted by molar-refractivity contribution is 1.18. The molecule has 0 atom stereocenters. The lowest BCUT2D eigenvalue weighted by atomic mass is 9.88. The number of rotatable bonds is 8. The largest absolute Gasteiger partial charge is 0.309 e. The van der Waals surface area contributed by atoms with Crippen LogP contribution in [0.25, 0.3) is 82.8 Å². The summed E-state index contributed by atoms with van der Waals surface area (Å²) >= 11 is 0. The van der Waals surface area contributed by atoms with Gasteiger partial charge in [-0.15, -0.1) is 0 Å². The third-order valence-electron chi connectivity index (χ3n) is 11.8. The van der Waals surface area contributed by atoms with Crippen LogP contribution in [-0.2, 0) is 0 Å². The van der Waals surface area contributed by atoms with Gasteiger partial charge in [0.2, 0.25) is 0 Å². The summed E-state index contributed by atoms with van der Waals surface area (Å²) < 4.78 is 2.37. The van der Waals surface area contributed by atoms with Crippen molar-refractivity contribution in [3.05, 3.63) is 243 Å². The highest BCUT2D eigenvalue weighted by Gasteiger charge is 2.21. The molecule has 2 nitrogen and oxygen atoms in total. The van der Waals surface area contributed by atoms with Gasteiger partial charge >= 0.3 is 0 Å². The number of para-hydroxylation sites is 3. The molecule has 0 unspecified atom stereocenters. The summed E-state index contributed by atoms with van der Waals surface area (Å²) in [6.07, 6.45) is 0. The first-order chi connectivity index (χ1) is 29.8. The average Bonchev–Trinajstić information content (AvgIpc) is 3.67. The number of benzene rings is 10. The molecule has 11 rings (SSSR count). The minimum absolute atomic E-state index is 1.09. The Morgan fingerprint density at radius 1 is 0.267 bits per heavy atom. The molecule has 282 valence electrons. The van der Waals surface area contributed by atoms with Crippen molar-refractivity contribution >= 4 is 49.6 Å². The third-order valence-corrected chi connectivity index (χ3v) is 11.8. The quantitative estimate of drug-likeness (QED) is 0.150. The topological polar surface area (TPSA) is 8.17 Å². The fraction of sp³-hybridized carbons (Fsp3) is 0. The van der Waals surface area contributed by atoms with Gasteiger partial charge < -0.3 is 9.47 Å².